The topological polar surface area (TPSA) is 78.4 Å². The average Bonchev–Trinajstić information content (AvgIpc) is 2.36. The van der Waals surface area contributed by atoms with Gasteiger partial charge in [-0.05, 0) is 43.5 Å². The van der Waals surface area contributed by atoms with Crippen LogP contribution >= 0.6 is 0 Å². The second-order valence-corrected chi connectivity index (χ2v) is 6.38. The minimum atomic E-state index is -1.02. The smallest absolute Gasteiger partial charge is 0.319 e. The number of nitrogens with one attached hydrogen (secondary N) is 2. The second-order valence-electron chi connectivity index (χ2n) is 5.00. The van der Waals surface area contributed by atoms with Crippen LogP contribution in [0.1, 0.15) is 20.3 Å². The fourth-order valence-corrected chi connectivity index (χ4v) is 2.36. The van der Waals surface area contributed by atoms with E-state index in [9.17, 15) is 14.1 Å². The molecular weight excluding hydrogens is 276 g/mol. The van der Waals surface area contributed by atoms with E-state index in [1.165, 1.54) is 0 Å². The van der Waals surface area contributed by atoms with Gasteiger partial charge in [0.2, 0.25) is 0 Å². The summed E-state index contributed by atoms with van der Waals surface area (Å²) in [4.78, 5) is 12.4. The summed E-state index contributed by atoms with van der Waals surface area (Å²) in [7, 11) is -1.02. The van der Waals surface area contributed by atoms with Crippen LogP contribution in [0, 0.1) is 5.92 Å². The average molecular weight is 298 g/mol. The van der Waals surface area contributed by atoms with Crippen molar-refractivity contribution >= 4 is 22.5 Å². The summed E-state index contributed by atoms with van der Waals surface area (Å²) < 4.78 is 11.2. The van der Waals surface area contributed by atoms with Gasteiger partial charge in [-0.1, -0.05) is 6.92 Å². The van der Waals surface area contributed by atoms with Crippen LogP contribution in [0.4, 0.5) is 10.5 Å². The quantitative estimate of drug-likeness (QED) is 0.751. The van der Waals surface area contributed by atoms with Crippen molar-refractivity contribution in [1.82, 2.24) is 5.32 Å². The van der Waals surface area contributed by atoms with E-state index < -0.39 is 10.8 Å². The van der Waals surface area contributed by atoms with E-state index in [2.05, 4.69) is 10.6 Å². The maximum Gasteiger partial charge on any atom is 0.319 e. The molecule has 0 aromatic heterocycles. The Morgan fingerprint density at radius 3 is 2.40 bits per heavy atom. The number of aliphatic hydroxyl groups is 1. The first-order valence-electron chi connectivity index (χ1n) is 6.55. The molecule has 3 unspecified atom stereocenters. The molecule has 0 spiro atoms. The van der Waals surface area contributed by atoms with Crippen molar-refractivity contribution < 1.29 is 14.1 Å². The lowest BCUT2D eigenvalue weighted by Gasteiger charge is -2.14. The third-order valence-corrected chi connectivity index (χ3v) is 3.73. The van der Waals surface area contributed by atoms with Gasteiger partial charge in [0.15, 0.2) is 0 Å². The molecular formula is C14H22N2O3S. The van der Waals surface area contributed by atoms with E-state index in [-0.39, 0.29) is 18.1 Å². The summed E-state index contributed by atoms with van der Waals surface area (Å²) in [6.45, 7) is 4.21. The normalized spacial score (nSPS) is 15.2. The number of amides is 2. The van der Waals surface area contributed by atoms with Crippen molar-refractivity contribution in [3.05, 3.63) is 24.3 Å². The Morgan fingerprint density at radius 1 is 1.30 bits per heavy atom. The summed E-state index contributed by atoms with van der Waals surface area (Å²) in [5.41, 5.74) is 0.653. The molecule has 0 fully saturated rings. The monoisotopic (exact) mass is 298 g/mol. The van der Waals surface area contributed by atoms with E-state index in [0.717, 1.165) is 4.90 Å². The molecule has 1 aromatic carbocycles. The minimum Gasteiger partial charge on any atom is -0.393 e. The van der Waals surface area contributed by atoms with Crippen LogP contribution in [0.15, 0.2) is 29.2 Å². The number of anilines is 1. The number of carbonyl (C=O) groups excluding carboxylic acids is 1. The van der Waals surface area contributed by atoms with Crippen molar-refractivity contribution in [3.8, 4) is 0 Å². The first-order valence-corrected chi connectivity index (χ1v) is 8.10. The fraction of sp³-hybridized carbons (Fsp3) is 0.500. The fourth-order valence-electron chi connectivity index (χ4n) is 1.84. The molecule has 0 radical (unpaired) electrons. The number of rotatable bonds is 6. The van der Waals surface area contributed by atoms with E-state index >= 15 is 0 Å². The maximum atomic E-state index is 11.7. The molecule has 20 heavy (non-hydrogen) atoms. The van der Waals surface area contributed by atoms with Crippen molar-refractivity contribution in [1.29, 1.82) is 0 Å². The lowest BCUT2D eigenvalue weighted by atomic mass is 10.1. The van der Waals surface area contributed by atoms with Crippen molar-refractivity contribution in [3.63, 3.8) is 0 Å². The molecule has 0 heterocycles. The van der Waals surface area contributed by atoms with Crippen LogP contribution in [-0.4, -0.2) is 34.3 Å². The number of urea groups is 1. The summed E-state index contributed by atoms with van der Waals surface area (Å²) in [6.07, 6.45) is 1.90. The molecule has 0 saturated carbocycles. The highest BCUT2D eigenvalue weighted by Gasteiger charge is 2.08. The zero-order valence-electron chi connectivity index (χ0n) is 12.1. The van der Waals surface area contributed by atoms with Gasteiger partial charge < -0.3 is 15.7 Å². The Bertz CT molecular complexity index is 460. The summed E-state index contributed by atoms with van der Waals surface area (Å²) in [6, 6.07) is 6.60. The van der Waals surface area contributed by atoms with Crippen LogP contribution in [0.3, 0.4) is 0 Å². The molecule has 0 aliphatic rings. The third-order valence-electron chi connectivity index (χ3n) is 2.80. The number of carbonyl (C=O) groups is 1. The lowest BCUT2D eigenvalue weighted by molar-refractivity contribution is 0.163. The van der Waals surface area contributed by atoms with Crippen molar-refractivity contribution in [2.24, 2.45) is 5.92 Å². The van der Waals surface area contributed by atoms with Gasteiger partial charge in [-0.3, -0.25) is 4.21 Å². The summed E-state index contributed by atoms with van der Waals surface area (Å²) >= 11 is 0. The van der Waals surface area contributed by atoms with E-state index in [0.29, 0.717) is 18.7 Å². The number of hydrogen-bond donors (Lipinski definition) is 3. The number of aliphatic hydroxyl groups excluding tert-OH is 1. The molecule has 0 bridgehead atoms. The molecule has 0 saturated heterocycles. The van der Waals surface area contributed by atoms with Gasteiger partial charge in [-0.2, -0.15) is 0 Å². The zero-order chi connectivity index (χ0) is 15.1. The Morgan fingerprint density at radius 2 is 1.90 bits per heavy atom. The summed E-state index contributed by atoms with van der Waals surface area (Å²) in [5.74, 6) is 0.214. The van der Waals surface area contributed by atoms with Crippen molar-refractivity contribution in [2.45, 2.75) is 31.3 Å². The van der Waals surface area contributed by atoms with Gasteiger partial charge in [-0.25, -0.2) is 4.79 Å². The molecule has 2 amide bonds. The molecule has 3 N–H and O–H groups in total. The first kappa shape index (κ1) is 16.7. The Balaban J connectivity index is 2.40. The highest BCUT2D eigenvalue weighted by Crippen LogP contribution is 2.11. The Hall–Kier alpha value is -1.40. The van der Waals surface area contributed by atoms with Gasteiger partial charge in [0.25, 0.3) is 0 Å². The van der Waals surface area contributed by atoms with E-state index in [1.807, 2.05) is 6.92 Å². The first-order chi connectivity index (χ1) is 9.38. The number of hydrogen-bond acceptors (Lipinski definition) is 3. The molecule has 1 aromatic rings. The molecule has 0 aliphatic heterocycles. The third kappa shape index (κ3) is 6.16. The van der Waals surface area contributed by atoms with Crippen molar-refractivity contribution in [2.75, 3.05) is 18.1 Å². The minimum absolute atomic E-state index is 0.214. The van der Waals surface area contributed by atoms with Gasteiger partial charge in [-0.15, -0.1) is 0 Å². The molecule has 1 rings (SSSR count). The van der Waals surface area contributed by atoms with Crippen LogP contribution in [-0.2, 0) is 10.8 Å². The predicted octanol–water partition coefficient (Wildman–Crippen LogP) is 1.95. The molecule has 0 aliphatic carbocycles. The standard InChI is InChI=1S/C14H22N2O3S/c1-10(8-11(2)17)9-15-14(18)16-12-4-6-13(7-5-12)20(3)19/h4-7,10-11,17H,8-9H2,1-3H3,(H2,15,16,18). The zero-order valence-corrected chi connectivity index (χ0v) is 12.9. The molecule has 5 nitrogen and oxygen atoms in total. The van der Waals surface area contributed by atoms with Gasteiger partial charge >= 0.3 is 6.03 Å². The van der Waals surface area contributed by atoms with E-state index in [4.69, 9.17) is 0 Å². The highest BCUT2D eigenvalue weighted by molar-refractivity contribution is 7.84. The Labute approximate surface area is 122 Å². The van der Waals surface area contributed by atoms with E-state index in [1.54, 1.807) is 37.4 Å². The van der Waals surface area contributed by atoms with Crippen LogP contribution in [0.25, 0.3) is 0 Å². The largest absolute Gasteiger partial charge is 0.393 e. The van der Waals surface area contributed by atoms with Gasteiger partial charge in [0, 0.05) is 34.2 Å². The SMILES string of the molecule is CC(O)CC(C)CNC(=O)Nc1ccc(S(C)=O)cc1. The number of benzene rings is 1. The van der Waals surface area contributed by atoms with Gasteiger partial charge in [0.1, 0.15) is 0 Å². The molecule has 6 heteroatoms. The van der Waals surface area contributed by atoms with Crippen LogP contribution in [0.2, 0.25) is 0 Å². The maximum absolute atomic E-state index is 11.7. The van der Waals surface area contributed by atoms with Gasteiger partial charge in [0.05, 0.1) is 6.10 Å². The Kier molecular flexibility index (Phi) is 6.67. The lowest BCUT2D eigenvalue weighted by Crippen LogP contribution is -2.33. The molecule has 3 atom stereocenters. The predicted molar refractivity (Wildman–Crippen MR) is 81.3 cm³/mol. The van der Waals surface area contributed by atoms with Crippen LogP contribution < -0.4 is 10.6 Å². The second kappa shape index (κ2) is 8.01. The summed E-state index contributed by atoms with van der Waals surface area (Å²) in [5, 5.41) is 14.7. The molecule has 112 valence electrons. The van der Waals surface area contributed by atoms with Crippen LogP contribution in [0.5, 0.6) is 0 Å². The highest BCUT2D eigenvalue weighted by atomic mass is 32.2.